The van der Waals surface area contributed by atoms with Gasteiger partial charge in [0.25, 0.3) is 0 Å². The number of hydrogen-bond donors (Lipinski definition) is 1. The lowest BCUT2D eigenvalue weighted by atomic mass is 10.0. The van der Waals surface area contributed by atoms with Crippen LogP contribution in [0.5, 0.6) is 0 Å². The highest BCUT2D eigenvalue weighted by Gasteiger charge is 2.30. The van der Waals surface area contributed by atoms with Crippen LogP contribution in [0.25, 0.3) is 0 Å². The summed E-state index contributed by atoms with van der Waals surface area (Å²) < 4.78 is 42.5. The maximum absolute atomic E-state index is 12.6. The Hall–Kier alpha value is -2.83. The number of alkyl halides is 3. The standard InChI is InChI=1S/C20H20F3NO3/c1-13-4-3-5-15(10-13)11-17(19(26)27-2)24-18(25)12-14-6-8-16(9-7-14)20(21,22)23/h3-10,17H,11-12H2,1-2H3,(H,24,25)/t17-/m1/s1. The van der Waals surface area contributed by atoms with Crippen LogP contribution in [0.15, 0.2) is 48.5 Å². The molecule has 7 heteroatoms. The number of carbonyl (C=O) groups excluding carboxylic acids is 2. The zero-order valence-electron chi connectivity index (χ0n) is 15.0. The van der Waals surface area contributed by atoms with Gasteiger partial charge in [0, 0.05) is 6.42 Å². The second-order valence-electron chi connectivity index (χ2n) is 6.21. The lowest BCUT2D eigenvalue weighted by molar-refractivity contribution is -0.145. The van der Waals surface area contributed by atoms with E-state index in [0.717, 1.165) is 23.3 Å². The van der Waals surface area contributed by atoms with Crippen LogP contribution in [-0.4, -0.2) is 25.0 Å². The van der Waals surface area contributed by atoms with Gasteiger partial charge in [-0.2, -0.15) is 13.2 Å². The van der Waals surface area contributed by atoms with E-state index in [1.807, 2.05) is 31.2 Å². The van der Waals surface area contributed by atoms with E-state index in [9.17, 15) is 22.8 Å². The molecule has 144 valence electrons. The molecule has 4 nitrogen and oxygen atoms in total. The van der Waals surface area contributed by atoms with Crippen LogP contribution in [0.2, 0.25) is 0 Å². The lowest BCUT2D eigenvalue weighted by Gasteiger charge is -2.17. The number of methoxy groups -OCH3 is 1. The van der Waals surface area contributed by atoms with Crippen molar-refractivity contribution in [1.29, 1.82) is 0 Å². The Morgan fingerprint density at radius 2 is 1.74 bits per heavy atom. The minimum absolute atomic E-state index is 0.139. The Bertz CT molecular complexity index is 801. The second-order valence-corrected chi connectivity index (χ2v) is 6.21. The fourth-order valence-electron chi connectivity index (χ4n) is 2.65. The highest BCUT2D eigenvalue weighted by atomic mass is 19.4. The van der Waals surface area contributed by atoms with Gasteiger partial charge in [-0.3, -0.25) is 4.79 Å². The number of rotatable bonds is 6. The predicted molar refractivity (Wildman–Crippen MR) is 94.0 cm³/mol. The van der Waals surface area contributed by atoms with E-state index in [4.69, 9.17) is 4.74 Å². The molecule has 0 spiro atoms. The summed E-state index contributed by atoms with van der Waals surface area (Å²) in [7, 11) is 1.23. The maximum Gasteiger partial charge on any atom is 0.416 e. The van der Waals surface area contributed by atoms with Crippen LogP contribution in [-0.2, 0) is 33.3 Å². The lowest BCUT2D eigenvalue weighted by Crippen LogP contribution is -2.43. The van der Waals surface area contributed by atoms with Crippen molar-refractivity contribution in [3.8, 4) is 0 Å². The molecule has 2 aromatic rings. The molecule has 1 atom stereocenters. The first kappa shape index (κ1) is 20.5. The van der Waals surface area contributed by atoms with Gasteiger partial charge < -0.3 is 10.1 Å². The van der Waals surface area contributed by atoms with Crippen LogP contribution < -0.4 is 5.32 Å². The van der Waals surface area contributed by atoms with Crippen molar-refractivity contribution < 1.29 is 27.5 Å². The summed E-state index contributed by atoms with van der Waals surface area (Å²) in [5.74, 6) is -1.06. The summed E-state index contributed by atoms with van der Waals surface area (Å²) in [6.07, 6.45) is -4.31. The minimum Gasteiger partial charge on any atom is -0.467 e. The number of halogens is 3. The fraction of sp³-hybridized carbons (Fsp3) is 0.300. The van der Waals surface area contributed by atoms with Gasteiger partial charge in [0.15, 0.2) is 0 Å². The van der Waals surface area contributed by atoms with Crippen LogP contribution >= 0.6 is 0 Å². The smallest absolute Gasteiger partial charge is 0.416 e. The van der Waals surface area contributed by atoms with Crippen molar-refractivity contribution in [1.82, 2.24) is 5.32 Å². The van der Waals surface area contributed by atoms with Crippen molar-refractivity contribution in [3.63, 3.8) is 0 Å². The number of hydrogen-bond acceptors (Lipinski definition) is 3. The van der Waals surface area contributed by atoms with Gasteiger partial charge in [0.05, 0.1) is 19.1 Å². The number of nitrogens with one attached hydrogen (secondary N) is 1. The Kier molecular flexibility index (Phi) is 6.60. The molecule has 1 amide bonds. The summed E-state index contributed by atoms with van der Waals surface area (Å²) in [5.41, 5.74) is 1.52. The van der Waals surface area contributed by atoms with E-state index in [0.29, 0.717) is 5.56 Å². The van der Waals surface area contributed by atoms with Crippen LogP contribution in [0.1, 0.15) is 22.3 Å². The Morgan fingerprint density at radius 1 is 1.07 bits per heavy atom. The third-order valence-corrected chi connectivity index (χ3v) is 3.99. The van der Waals surface area contributed by atoms with Gasteiger partial charge in [-0.05, 0) is 30.2 Å². The zero-order chi connectivity index (χ0) is 20.0. The van der Waals surface area contributed by atoms with E-state index in [1.165, 1.54) is 19.2 Å². The van der Waals surface area contributed by atoms with Gasteiger partial charge in [-0.1, -0.05) is 42.0 Å². The molecule has 0 bridgehead atoms. The summed E-state index contributed by atoms with van der Waals surface area (Å²) in [6, 6.07) is 11.0. The van der Waals surface area contributed by atoms with Crippen molar-refractivity contribution in [2.75, 3.05) is 7.11 Å². The van der Waals surface area contributed by atoms with E-state index < -0.39 is 29.7 Å². The van der Waals surface area contributed by atoms with Gasteiger partial charge in [-0.25, -0.2) is 4.79 Å². The number of aryl methyl sites for hydroxylation is 1. The van der Waals surface area contributed by atoms with Crippen LogP contribution in [0, 0.1) is 6.92 Å². The summed E-state index contributed by atoms with van der Waals surface area (Å²) >= 11 is 0. The Balaban J connectivity index is 2.04. The van der Waals surface area contributed by atoms with Crippen LogP contribution in [0.4, 0.5) is 13.2 Å². The molecule has 0 aliphatic rings. The molecule has 0 saturated carbocycles. The van der Waals surface area contributed by atoms with E-state index in [-0.39, 0.29) is 12.8 Å². The first-order valence-electron chi connectivity index (χ1n) is 8.28. The molecule has 2 rings (SSSR count). The van der Waals surface area contributed by atoms with Gasteiger partial charge in [0.2, 0.25) is 5.91 Å². The van der Waals surface area contributed by atoms with E-state index in [2.05, 4.69) is 5.32 Å². The molecular formula is C20H20F3NO3. The molecule has 2 aromatic carbocycles. The maximum atomic E-state index is 12.6. The molecule has 0 fully saturated rings. The Labute approximate surface area is 155 Å². The molecule has 0 aromatic heterocycles. The SMILES string of the molecule is COC(=O)[C@@H](Cc1cccc(C)c1)NC(=O)Cc1ccc(C(F)(F)F)cc1. The summed E-state index contributed by atoms with van der Waals surface area (Å²) in [6.45, 7) is 1.92. The number of ether oxygens (including phenoxy) is 1. The zero-order valence-corrected chi connectivity index (χ0v) is 15.0. The van der Waals surface area contributed by atoms with Crippen LogP contribution in [0.3, 0.4) is 0 Å². The average molecular weight is 379 g/mol. The molecule has 0 aliphatic heterocycles. The monoisotopic (exact) mass is 379 g/mol. The second kappa shape index (κ2) is 8.70. The number of benzene rings is 2. The fourth-order valence-corrected chi connectivity index (χ4v) is 2.65. The predicted octanol–water partition coefficient (Wildman–Crippen LogP) is 3.46. The normalized spacial score (nSPS) is 12.3. The molecule has 0 aliphatic carbocycles. The minimum atomic E-state index is -4.43. The van der Waals surface area contributed by atoms with Crippen molar-refractivity contribution >= 4 is 11.9 Å². The third kappa shape index (κ3) is 6.13. The quantitative estimate of drug-likeness (QED) is 0.782. The number of carbonyl (C=O) groups is 2. The third-order valence-electron chi connectivity index (χ3n) is 3.99. The van der Waals surface area contributed by atoms with Crippen molar-refractivity contribution in [2.24, 2.45) is 0 Å². The topological polar surface area (TPSA) is 55.4 Å². The molecule has 0 saturated heterocycles. The number of amides is 1. The van der Waals surface area contributed by atoms with Gasteiger partial charge >= 0.3 is 12.1 Å². The van der Waals surface area contributed by atoms with E-state index in [1.54, 1.807) is 0 Å². The first-order valence-corrected chi connectivity index (χ1v) is 8.28. The van der Waals surface area contributed by atoms with Gasteiger partial charge in [0.1, 0.15) is 6.04 Å². The average Bonchev–Trinajstić information content (AvgIpc) is 2.60. The number of esters is 1. The molecule has 1 N–H and O–H groups in total. The molecule has 0 radical (unpaired) electrons. The van der Waals surface area contributed by atoms with Gasteiger partial charge in [-0.15, -0.1) is 0 Å². The molecule has 0 heterocycles. The first-order chi connectivity index (χ1) is 12.7. The summed E-state index contributed by atoms with van der Waals surface area (Å²) in [4.78, 5) is 24.2. The highest BCUT2D eigenvalue weighted by Crippen LogP contribution is 2.29. The van der Waals surface area contributed by atoms with Crippen molar-refractivity contribution in [2.45, 2.75) is 32.0 Å². The molecular weight excluding hydrogens is 359 g/mol. The largest absolute Gasteiger partial charge is 0.467 e. The Morgan fingerprint density at radius 3 is 2.30 bits per heavy atom. The highest BCUT2D eigenvalue weighted by molar-refractivity contribution is 5.85. The summed E-state index contributed by atoms with van der Waals surface area (Å²) in [5, 5.41) is 2.59. The molecule has 27 heavy (non-hydrogen) atoms. The van der Waals surface area contributed by atoms with E-state index >= 15 is 0 Å². The van der Waals surface area contributed by atoms with Crippen molar-refractivity contribution in [3.05, 3.63) is 70.8 Å². The molecule has 0 unspecified atom stereocenters.